The highest BCUT2D eigenvalue weighted by Crippen LogP contribution is 2.49. The molecular weight excluding hydrogens is 662 g/mol. The minimum atomic E-state index is -1.13. The molecule has 0 saturated carbocycles. The number of hydrogen-bond acceptors (Lipinski definition) is 10. The highest BCUT2D eigenvalue weighted by molar-refractivity contribution is 7.81. The number of esters is 1. The second kappa shape index (κ2) is 14.7. The van der Waals surface area contributed by atoms with Crippen LogP contribution in [0.25, 0.3) is 0 Å². The molecule has 0 unspecified atom stereocenters. The van der Waals surface area contributed by atoms with Gasteiger partial charge in [0, 0.05) is 52.1 Å². The number of nitrogens with one attached hydrogen (secondary N) is 1. The van der Waals surface area contributed by atoms with Gasteiger partial charge in [-0.2, -0.15) is 0 Å². The Bertz CT molecular complexity index is 1500. The second-order valence-electron chi connectivity index (χ2n) is 13.0. The number of allylic oxidation sites excluding steroid dienone is 3. The molecule has 1 aromatic carbocycles. The number of carbonyl (C=O) groups excluding carboxylic acids is 4. The largest absolute Gasteiger partial charge is 0.496 e. The summed E-state index contributed by atoms with van der Waals surface area (Å²) in [5.74, 6) is -1.25. The first-order valence-corrected chi connectivity index (χ1v) is 16.6. The third kappa shape index (κ3) is 7.79. The van der Waals surface area contributed by atoms with Crippen molar-refractivity contribution in [2.24, 2.45) is 5.92 Å². The van der Waals surface area contributed by atoms with Gasteiger partial charge in [-0.05, 0) is 33.3 Å². The van der Waals surface area contributed by atoms with E-state index >= 15 is 0 Å². The molecule has 3 aliphatic heterocycles. The lowest BCUT2D eigenvalue weighted by molar-refractivity contribution is -0.161. The summed E-state index contributed by atoms with van der Waals surface area (Å²) >= 11 is 11.6. The van der Waals surface area contributed by atoms with Crippen LogP contribution in [0, 0.1) is 5.92 Å². The van der Waals surface area contributed by atoms with E-state index in [0.29, 0.717) is 22.9 Å². The third-order valence-electron chi connectivity index (χ3n) is 9.66. The molecule has 4 rings (SSSR count). The second-order valence-corrected chi connectivity index (χ2v) is 14.2. The topological polar surface area (TPSA) is 136 Å². The number of methoxy groups -OCH3 is 2. The fraction of sp³-hybridized carbons (Fsp3) is 0.588. The van der Waals surface area contributed by atoms with Crippen LogP contribution in [0.15, 0.2) is 35.9 Å². The summed E-state index contributed by atoms with van der Waals surface area (Å²) in [6, 6.07) is 2.54. The molecule has 1 N–H and O–H groups in total. The Kier molecular flexibility index (Phi) is 11.5. The van der Waals surface area contributed by atoms with Crippen LogP contribution < -0.4 is 15.0 Å². The number of ether oxygens (including phenoxy) is 5. The van der Waals surface area contributed by atoms with Crippen molar-refractivity contribution in [1.29, 1.82) is 0 Å². The zero-order valence-electron chi connectivity index (χ0n) is 28.9. The number of likely N-dealkylation sites (N-methyl/N-ethyl adjacent to an activating group) is 1. The number of hydrogen-bond donors (Lipinski definition) is 2. The fourth-order valence-corrected chi connectivity index (χ4v) is 7.04. The summed E-state index contributed by atoms with van der Waals surface area (Å²) < 4.78 is 29.4. The van der Waals surface area contributed by atoms with Crippen molar-refractivity contribution in [2.75, 3.05) is 33.2 Å². The van der Waals surface area contributed by atoms with Crippen LogP contribution in [0.3, 0.4) is 0 Å². The molecule has 3 amide bonds. The van der Waals surface area contributed by atoms with Gasteiger partial charge in [0.2, 0.25) is 11.8 Å². The van der Waals surface area contributed by atoms with Gasteiger partial charge in [0.15, 0.2) is 0 Å². The van der Waals surface area contributed by atoms with Gasteiger partial charge < -0.3 is 38.8 Å². The number of benzene rings is 1. The minimum absolute atomic E-state index is 0.257. The Balaban J connectivity index is 1.79. The monoisotopic (exact) mass is 707 g/mol. The molecule has 1 aromatic rings. The van der Waals surface area contributed by atoms with Gasteiger partial charge in [-0.3, -0.25) is 9.59 Å². The highest BCUT2D eigenvalue weighted by Gasteiger charge is 2.64. The molecular formula is C34H46ClN3O9S. The SMILES string of the molecule is COc1cc(Cl)c2cc1C/C(C)=C/C=C/[C@@H](OC)[C@@]1(S)C[C@H](OC(=O)N1)[C@@H](C)[C@@H]1O[C@@]1(C)[C@@H](OC(=O)[C@H](C)N(C)C(C)=O)CC(=O)N2C. The lowest BCUT2D eigenvalue weighted by atomic mass is 9.84. The zero-order chi connectivity index (χ0) is 35.7. The van der Waals surface area contributed by atoms with Gasteiger partial charge in [0.1, 0.15) is 40.6 Å². The molecule has 3 aliphatic rings. The standard InChI is InChI=1S/C34H46ClN3O9S/c1-18-11-10-12-27(44-9)34(48)17-26(45-32(42)36-34)19(2)30-33(5,47-30)28(46-31(41)20(3)37(6)21(4)39)16-29(40)38(7)24-14-22(13-18)25(43-8)15-23(24)35/h10-12,14-15,19-20,26-28,30,48H,13,16-17H2,1-9H3,(H,36,42)/b12-10+,18-11+/t19-,20+,26+,27-,28+,30+,33+,34+/m1/s1. The van der Waals surface area contributed by atoms with Crippen molar-refractivity contribution in [2.45, 2.75) is 94.8 Å². The molecule has 3 heterocycles. The number of halogens is 1. The summed E-state index contributed by atoms with van der Waals surface area (Å²) in [4.78, 5) is 53.8. The Morgan fingerprint density at radius 1 is 1.25 bits per heavy atom. The number of fused-ring (bicyclic) bond motifs is 5. The van der Waals surface area contributed by atoms with Crippen molar-refractivity contribution in [3.05, 3.63) is 46.5 Å². The fourth-order valence-electron chi connectivity index (χ4n) is 6.29. The Morgan fingerprint density at radius 2 is 1.94 bits per heavy atom. The smallest absolute Gasteiger partial charge is 0.408 e. The molecule has 2 fully saturated rings. The number of carbonyl (C=O) groups is 4. The van der Waals surface area contributed by atoms with Crippen molar-refractivity contribution in [1.82, 2.24) is 10.2 Å². The van der Waals surface area contributed by atoms with Crippen LogP contribution in [-0.2, 0) is 39.8 Å². The maximum atomic E-state index is 14.0. The summed E-state index contributed by atoms with van der Waals surface area (Å²) in [5.41, 5.74) is 1.08. The molecule has 0 aromatic heterocycles. The normalized spacial score (nSPS) is 33.2. The molecule has 4 bridgehead atoms. The predicted octanol–water partition coefficient (Wildman–Crippen LogP) is 4.47. The first-order chi connectivity index (χ1) is 22.4. The molecule has 264 valence electrons. The van der Waals surface area contributed by atoms with Gasteiger partial charge in [-0.15, -0.1) is 12.6 Å². The van der Waals surface area contributed by atoms with E-state index in [-0.39, 0.29) is 24.7 Å². The van der Waals surface area contributed by atoms with Gasteiger partial charge in [0.05, 0.1) is 30.3 Å². The predicted molar refractivity (Wildman–Crippen MR) is 183 cm³/mol. The first-order valence-electron chi connectivity index (χ1n) is 15.8. The quantitative estimate of drug-likeness (QED) is 0.258. The van der Waals surface area contributed by atoms with E-state index in [1.807, 2.05) is 32.1 Å². The molecule has 12 nitrogen and oxygen atoms in total. The molecule has 48 heavy (non-hydrogen) atoms. The number of epoxide rings is 1. The van der Waals surface area contributed by atoms with Gasteiger partial charge in [-0.1, -0.05) is 42.3 Å². The van der Waals surface area contributed by atoms with Crippen molar-refractivity contribution >= 4 is 53.8 Å². The van der Waals surface area contributed by atoms with Crippen LogP contribution in [-0.4, -0.2) is 98.0 Å². The average Bonchev–Trinajstić information content (AvgIpc) is 3.72. The van der Waals surface area contributed by atoms with E-state index in [4.69, 9.17) is 47.9 Å². The number of rotatable bonds is 5. The van der Waals surface area contributed by atoms with Crippen molar-refractivity contribution < 1.29 is 42.9 Å². The minimum Gasteiger partial charge on any atom is -0.496 e. The highest BCUT2D eigenvalue weighted by atomic mass is 35.5. The van der Waals surface area contributed by atoms with Gasteiger partial charge in [0.25, 0.3) is 0 Å². The maximum absolute atomic E-state index is 14.0. The van der Waals surface area contributed by atoms with Crippen LogP contribution in [0.5, 0.6) is 5.75 Å². The van der Waals surface area contributed by atoms with Crippen molar-refractivity contribution in [3.63, 3.8) is 0 Å². The first kappa shape index (κ1) is 37.6. The summed E-state index contributed by atoms with van der Waals surface area (Å²) in [6.45, 7) is 8.48. The number of anilines is 1. The lowest BCUT2D eigenvalue weighted by Crippen LogP contribution is -2.60. The van der Waals surface area contributed by atoms with E-state index in [9.17, 15) is 19.2 Å². The van der Waals surface area contributed by atoms with Crippen molar-refractivity contribution in [3.8, 4) is 5.75 Å². The number of thiol groups is 1. The molecule has 0 aliphatic carbocycles. The van der Waals surface area contributed by atoms with Gasteiger partial charge in [-0.25, -0.2) is 9.59 Å². The molecule has 14 heteroatoms. The Hall–Kier alpha value is -3.26. The third-order valence-corrected chi connectivity index (χ3v) is 10.5. The van der Waals surface area contributed by atoms with E-state index in [2.05, 4.69) is 5.32 Å². The average molecular weight is 708 g/mol. The Labute approximate surface area is 292 Å². The van der Waals surface area contributed by atoms with Crippen LogP contribution in [0.1, 0.15) is 53.0 Å². The summed E-state index contributed by atoms with van der Waals surface area (Å²) in [7, 11) is 6.18. The van der Waals surface area contributed by atoms with Crippen LogP contribution in [0.2, 0.25) is 5.02 Å². The number of amides is 3. The molecule has 2 saturated heterocycles. The number of alkyl carbamates (subject to hydrolysis) is 1. The summed E-state index contributed by atoms with van der Waals surface area (Å²) in [5, 5.41) is 3.11. The molecule has 8 atom stereocenters. The number of nitrogens with zero attached hydrogens (tertiary/aromatic N) is 2. The molecule has 0 spiro atoms. The molecule has 0 radical (unpaired) electrons. The summed E-state index contributed by atoms with van der Waals surface area (Å²) in [6.07, 6.45) is 2.50. The van der Waals surface area contributed by atoms with Crippen LogP contribution in [0.4, 0.5) is 10.5 Å². The van der Waals surface area contributed by atoms with E-state index in [1.54, 1.807) is 40.1 Å². The van der Waals surface area contributed by atoms with Crippen LogP contribution >= 0.6 is 24.2 Å². The van der Waals surface area contributed by atoms with Gasteiger partial charge >= 0.3 is 12.1 Å². The van der Waals surface area contributed by atoms with E-state index in [1.165, 1.54) is 30.9 Å². The zero-order valence-corrected chi connectivity index (χ0v) is 30.5. The Morgan fingerprint density at radius 3 is 2.56 bits per heavy atom. The van der Waals surface area contributed by atoms with E-state index < -0.39 is 58.9 Å². The lowest BCUT2D eigenvalue weighted by Gasteiger charge is -2.42. The maximum Gasteiger partial charge on any atom is 0.408 e. The van der Waals surface area contributed by atoms with E-state index in [0.717, 1.165) is 11.1 Å².